The van der Waals surface area contributed by atoms with Gasteiger partial charge in [-0.05, 0) is 23.6 Å². The molecule has 190 valence electrons. The molecule has 1 heterocycles. The van der Waals surface area contributed by atoms with E-state index in [1.165, 1.54) is 4.57 Å². The van der Waals surface area contributed by atoms with E-state index in [9.17, 15) is 14.4 Å². The second kappa shape index (κ2) is 11.9. The SMILES string of the molecule is CCN(CC(=O)N(Cc1ccccc1)Cc1ccccc1)c1c(N)n(Cc2ccccc2)c(=O)[nH]c1=O. The lowest BCUT2D eigenvalue weighted by Crippen LogP contribution is -2.44. The Kier molecular flexibility index (Phi) is 8.20. The normalized spacial score (nSPS) is 10.7. The lowest BCUT2D eigenvalue weighted by Gasteiger charge is -2.29. The van der Waals surface area contributed by atoms with E-state index in [4.69, 9.17) is 5.73 Å². The summed E-state index contributed by atoms with van der Waals surface area (Å²) in [5.41, 5.74) is 8.17. The molecule has 8 nitrogen and oxygen atoms in total. The molecular weight excluding hydrogens is 466 g/mol. The van der Waals surface area contributed by atoms with Crippen LogP contribution in [-0.2, 0) is 24.4 Å². The van der Waals surface area contributed by atoms with E-state index in [2.05, 4.69) is 4.98 Å². The molecule has 0 atom stereocenters. The van der Waals surface area contributed by atoms with Crippen molar-refractivity contribution in [2.24, 2.45) is 0 Å². The molecule has 0 unspecified atom stereocenters. The lowest BCUT2D eigenvalue weighted by molar-refractivity contribution is -0.131. The molecule has 3 N–H and O–H groups in total. The van der Waals surface area contributed by atoms with Gasteiger partial charge in [0.2, 0.25) is 5.91 Å². The predicted molar refractivity (Wildman–Crippen MR) is 146 cm³/mol. The van der Waals surface area contributed by atoms with Crippen molar-refractivity contribution < 1.29 is 4.79 Å². The highest BCUT2D eigenvalue weighted by molar-refractivity contribution is 5.82. The van der Waals surface area contributed by atoms with Crippen LogP contribution in [0.5, 0.6) is 0 Å². The molecule has 0 fully saturated rings. The van der Waals surface area contributed by atoms with Gasteiger partial charge in [-0.15, -0.1) is 0 Å². The summed E-state index contributed by atoms with van der Waals surface area (Å²) < 4.78 is 1.32. The first-order valence-corrected chi connectivity index (χ1v) is 12.2. The Morgan fingerprint density at radius 3 is 1.78 bits per heavy atom. The Morgan fingerprint density at radius 1 is 0.811 bits per heavy atom. The highest BCUT2D eigenvalue weighted by Gasteiger charge is 2.23. The van der Waals surface area contributed by atoms with Crippen LogP contribution >= 0.6 is 0 Å². The minimum atomic E-state index is -0.612. The molecule has 0 aliphatic heterocycles. The number of nitrogens with one attached hydrogen (secondary N) is 1. The summed E-state index contributed by atoms with van der Waals surface area (Å²) in [5.74, 6) is -0.126. The maximum Gasteiger partial charge on any atom is 0.330 e. The number of carbonyl (C=O) groups excluding carboxylic acids is 1. The number of hydrogen-bond donors (Lipinski definition) is 2. The molecule has 0 radical (unpaired) electrons. The van der Waals surface area contributed by atoms with Crippen molar-refractivity contribution in [3.63, 3.8) is 0 Å². The fourth-order valence-electron chi connectivity index (χ4n) is 4.26. The van der Waals surface area contributed by atoms with E-state index in [0.717, 1.165) is 16.7 Å². The van der Waals surface area contributed by atoms with Crippen molar-refractivity contribution >= 4 is 17.4 Å². The number of anilines is 2. The van der Waals surface area contributed by atoms with Gasteiger partial charge in [-0.25, -0.2) is 4.79 Å². The molecule has 0 saturated heterocycles. The van der Waals surface area contributed by atoms with Gasteiger partial charge in [-0.3, -0.25) is 19.1 Å². The Morgan fingerprint density at radius 2 is 1.30 bits per heavy atom. The van der Waals surface area contributed by atoms with Gasteiger partial charge < -0.3 is 15.5 Å². The van der Waals surface area contributed by atoms with Crippen molar-refractivity contribution in [3.05, 3.63) is 129 Å². The largest absolute Gasteiger partial charge is 0.383 e. The minimum absolute atomic E-state index is 0.0323. The second-order valence-electron chi connectivity index (χ2n) is 8.80. The molecule has 4 rings (SSSR count). The summed E-state index contributed by atoms with van der Waals surface area (Å²) in [5, 5.41) is 0. The summed E-state index contributed by atoms with van der Waals surface area (Å²) in [4.78, 5) is 44.9. The lowest BCUT2D eigenvalue weighted by atomic mass is 10.1. The van der Waals surface area contributed by atoms with Gasteiger partial charge in [-0.1, -0.05) is 91.0 Å². The quantitative estimate of drug-likeness (QED) is 0.350. The topological polar surface area (TPSA) is 104 Å². The molecule has 37 heavy (non-hydrogen) atoms. The number of aromatic amines is 1. The molecule has 0 aliphatic rings. The number of nitrogens with zero attached hydrogens (tertiary/aromatic N) is 3. The van der Waals surface area contributed by atoms with Crippen LogP contribution in [0.15, 0.2) is 101 Å². The second-order valence-corrected chi connectivity index (χ2v) is 8.80. The zero-order valence-electron chi connectivity index (χ0n) is 20.8. The van der Waals surface area contributed by atoms with E-state index in [-0.39, 0.29) is 30.5 Å². The molecule has 8 heteroatoms. The van der Waals surface area contributed by atoms with Gasteiger partial charge in [0.25, 0.3) is 5.56 Å². The average Bonchev–Trinajstić information content (AvgIpc) is 2.91. The molecule has 1 amide bonds. The maximum absolute atomic E-state index is 13.6. The number of nitrogen functional groups attached to an aromatic ring is 1. The van der Waals surface area contributed by atoms with Gasteiger partial charge in [0.05, 0.1) is 13.1 Å². The smallest absolute Gasteiger partial charge is 0.330 e. The van der Waals surface area contributed by atoms with E-state index < -0.39 is 11.2 Å². The summed E-state index contributed by atoms with van der Waals surface area (Å²) >= 11 is 0. The van der Waals surface area contributed by atoms with Crippen molar-refractivity contribution in [2.75, 3.05) is 23.7 Å². The van der Waals surface area contributed by atoms with Crippen LogP contribution in [0.4, 0.5) is 11.5 Å². The first-order chi connectivity index (χ1) is 18.0. The van der Waals surface area contributed by atoms with E-state index in [1.807, 2.05) is 97.9 Å². The van der Waals surface area contributed by atoms with Gasteiger partial charge in [0, 0.05) is 19.6 Å². The van der Waals surface area contributed by atoms with Gasteiger partial charge in [0.1, 0.15) is 11.5 Å². The monoisotopic (exact) mass is 497 g/mol. The minimum Gasteiger partial charge on any atom is -0.383 e. The number of H-pyrrole nitrogens is 1. The highest BCUT2D eigenvalue weighted by atomic mass is 16.2. The van der Waals surface area contributed by atoms with E-state index in [1.54, 1.807) is 9.80 Å². The van der Waals surface area contributed by atoms with Gasteiger partial charge in [-0.2, -0.15) is 0 Å². The number of likely N-dealkylation sites (N-methyl/N-ethyl adjacent to an activating group) is 1. The third-order valence-electron chi connectivity index (χ3n) is 6.21. The van der Waals surface area contributed by atoms with Crippen LogP contribution < -0.4 is 21.9 Å². The molecule has 4 aromatic rings. The predicted octanol–water partition coefficient (Wildman–Crippen LogP) is 3.22. The van der Waals surface area contributed by atoms with Crippen LogP contribution in [0.2, 0.25) is 0 Å². The van der Waals surface area contributed by atoms with E-state index >= 15 is 0 Å². The summed E-state index contributed by atoms with van der Waals surface area (Å²) in [7, 11) is 0. The van der Waals surface area contributed by atoms with Crippen molar-refractivity contribution in [3.8, 4) is 0 Å². The zero-order valence-corrected chi connectivity index (χ0v) is 20.8. The van der Waals surface area contributed by atoms with Crippen LogP contribution in [0, 0.1) is 0 Å². The average molecular weight is 498 g/mol. The van der Waals surface area contributed by atoms with Crippen LogP contribution in [-0.4, -0.2) is 33.4 Å². The Hall–Kier alpha value is -4.59. The molecule has 1 aromatic heterocycles. The van der Waals surface area contributed by atoms with Gasteiger partial charge >= 0.3 is 5.69 Å². The summed E-state index contributed by atoms with van der Waals surface area (Å²) in [6, 6.07) is 28.9. The number of nitrogens with two attached hydrogens (primary N) is 1. The fourth-order valence-corrected chi connectivity index (χ4v) is 4.26. The number of benzene rings is 3. The fraction of sp³-hybridized carbons (Fsp3) is 0.207. The molecule has 0 aliphatic carbocycles. The number of aromatic nitrogens is 2. The third-order valence-corrected chi connectivity index (χ3v) is 6.21. The molecule has 0 bridgehead atoms. The Labute approximate surface area is 215 Å². The summed E-state index contributed by atoms with van der Waals surface area (Å²) in [6.07, 6.45) is 0. The van der Waals surface area contributed by atoms with Crippen LogP contribution in [0.1, 0.15) is 23.6 Å². The highest BCUT2D eigenvalue weighted by Crippen LogP contribution is 2.19. The maximum atomic E-state index is 13.6. The van der Waals surface area contributed by atoms with E-state index in [0.29, 0.717) is 19.6 Å². The van der Waals surface area contributed by atoms with Crippen molar-refractivity contribution in [1.29, 1.82) is 0 Å². The number of hydrogen-bond acceptors (Lipinski definition) is 5. The number of amides is 1. The Balaban J connectivity index is 1.63. The van der Waals surface area contributed by atoms with Crippen molar-refractivity contribution in [2.45, 2.75) is 26.6 Å². The first kappa shape index (κ1) is 25.5. The van der Waals surface area contributed by atoms with Crippen LogP contribution in [0.3, 0.4) is 0 Å². The molecular formula is C29H31N5O3. The number of rotatable bonds is 10. The number of carbonyl (C=O) groups is 1. The standard InChI is InChI=1S/C29H31N5O3/c1-2-32(26-27(30)34(29(37)31-28(26)36)20-24-16-10-5-11-17-24)21-25(35)33(18-22-12-6-3-7-13-22)19-23-14-8-4-9-15-23/h3-17H,2,18-21,30H2,1H3,(H,31,36,37). The summed E-state index contributed by atoms with van der Waals surface area (Å²) in [6.45, 7) is 3.18. The first-order valence-electron chi connectivity index (χ1n) is 12.2. The molecule has 3 aromatic carbocycles. The van der Waals surface area contributed by atoms with Crippen molar-refractivity contribution in [1.82, 2.24) is 14.5 Å². The molecule has 0 spiro atoms. The van der Waals surface area contributed by atoms with Gasteiger partial charge in [0.15, 0.2) is 0 Å². The third kappa shape index (κ3) is 6.35. The zero-order chi connectivity index (χ0) is 26.2. The van der Waals surface area contributed by atoms with Crippen LogP contribution in [0.25, 0.3) is 0 Å². The Bertz CT molecular complexity index is 1390. The molecule has 0 saturated carbocycles.